The third-order valence-electron chi connectivity index (χ3n) is 2.92. The molecule has 0 saturated heterocycles. The maximum absolute atomic E-state index is 11.4. The van der Waals surface area contributed by atoms with Gasteiger partial charge < -0.3 is 10.2 Å². The van der Waals surface area contributed by atoms with Gasteiger partial charge in [0.1, 0.15) is 5.76 Å². The molecule has 1 aromatic carbocycles. The minimum Gasteiger partial charge on any atom is -0.507 e. The summed E-state index contributed by atoms with van der Waals surface area (Å²) in [5.41, 5.74) is -2.10. The Kier molecular flexibility index (Phi) is 3.18. The van der Waals surface area contributed by atoms with Gasteiger partial charge in [0, 0.05) is 11.1 Å². The van der Waals surface area contributed by atoms with Crippen LogP contribution < -0.4 is 0 Å². The number of hydrogen-bond donors (Lipinski definition) is 2. The standard InChI is InChI=1S/C13H11NO5/c15-11-7-6-10(8-13(11,17)14(18)19)12(16)9-4-2-1-3-5-9/h1-7,16-17H,8H2. The predicted octanol–water partition coefficient (Wildman–Crippen LogP) is 1.45. The average molecular weight is 261 g/mol. The van der Waals surface area contributed by atoms with Gasteiger partial charge in [0.15, 0.2) is 0 Å². The first-order chi connectivity index (χ1) is 8.95. The summed E-state index contributed by atoms with van der Waals surface area (Å²) in [6.07, 6.45) is 1.62. The summed E-state index contributed by atoms with van der Waals surface area (Å²) in [6.45, 7) is 0. The molecule has 0 heterocycles. The van der Waals surface area contributed by atoms with Gasteiger partial charge in [0.05, 0.1) is 11.3 Å². The molecule has 0 bridgehead atoms. The van der Waals surface area contributed by atoms with Crippen LogP contribution in [-0.4, -0.2) is 26.6 Å². The van der Waals surface area contributed by atoms with E-state index in [1.165, 1.54) is 6.08 Å². The quantitative estimate of drug-likeness (QED) is 0.363. The first kappa shape index (κ1) is 13.0. The number of rotatable bonds is 2. The molecule has 0 aromatic heterocycles. The van der Waals surface area contributed by atoms with Crippen molar-refractivity contribution < 1.29 is 19.9 Å². The summed E-state index contributed by atoms with van der Waals surface area (Å²) in [6, 6.07) is 8.40. The van der Waals surface area contributed by atoms with Crippen molar-refractivity contribution >= 4 is 11.5 Å². The van der Waals surface area contributed by atoms with Gasteiger partial charge in [-0.05, 0) is 6.08 Å². The van der Waals surface area contributed by atoms with Crippen molar-refractivity contribution in [2.45, 2.75) is 12.1 Å². The topological polar surface area (TPSA) is 101 Å². The highest BCUT2D eigenvalue weighted by Crippen LogP contribution is 2.29. The molecule has 98 valence electrons. The van der Waals surface area contributed by atoms with Crippen molar-refractivity contribution in [1.29, 1.82) is 0 Å². The monoisotopic (exact) mass is 261 g/mol. The highest BCUT2D eigenvalue weighted by molar-refractivity contribution is 5.98. The fraction of sp³-hybridized carbons (Fsp3) is 0.154. The molecule has 0 spiro atoms. The number of nitrogens with zero attached hydrogens (tertiary/aromatic N) is 1. The molecule has 0 saturated carbocycles. The molecule has 0 fully saturated rings. The Labute approximate surface area is 108 Å². The second kappa shape index (κ2) is 4.66. The fourth-order valence-electron chi connectivity index (χ4n) is 1.82. The molecular weight excluding hydrogens is 250 g/mol. The number of carbonyl (C=O) groups is 1. The zero-order valence-electron chi connectivity index (χ0n) is 9.81. The summed E-state index contributed by atoms with van der Waals surface area (Å²) in [4.78, 5) is 21.1. The summed E-state index contributed by atoms with van der Waals surface area (Å²) < 4.78 is 0. The molecule has 19 heavy (non-hydrogen) atoms. The van der Waals surface area contributed by atoms with E-state index in [2.05, 4.69) is 0 Å². The molecular formula is C13H11NO5. The van der Waals surface area contributed by atoms with E-state index >= 15 is 0 Å². The number of hydrogen-bond acceptors (Lipinski definition) is 5. The number of aliphatic hydroxyl groups is 2. The van der Waals surface area contributed by atoms with Crippen LogP contribution in [0.25, 0.3) is 5.76 Å². The van der Waals surface area contributed by atoms with E-state index in [0.29, 0.717) is 5.56 Å². The minimum absolute atomic E-state index is 0.144. The van der Waals surface area contributed by atoms with Crippen molar-refractivity contribution in [2.24, 2.45) is 0 Å². The number of allylic oxidation sites excluding steroid dienone is 1. The minimum atomic E-state index is -2.70. The molecule has 0 amide bonds. The molecule has 1 unspecified atom stereocenters. The van der Waals surface area contributed by atoms with E-state index in [1.54, 1.807) is 30.3 Å². The van der Waals surface area contributed by atoms with Crippen LogP contribution in [0.1, 0.15) is 12.0 Å². The van der Waals surface area contributed by atoms with Crippen molar-refractivity contribution in [2.75, 3.05) is 0 Å². The van der Waals surface area contributed by atoms with E-state index in [4.69, 9.17) is 0 Å². The molecule has 1 aromatic rings. The van der Waals surface area contributed by atoms with Crippen LogP contribution in [0.4, 0.5) is 0 Å². The Hall–Kier alpha value is -2.47. The third-order valence-corrected chi connectivity index (χ3v) is 2.92. The Balaban J connectivity index is 2.46. The smallest absolute Gasteiger partial charge is 0.389 e. The fourth-order valence-corrected chi connectivity index (χ4v) is 1.82. The van der Waals surface area contributed by atoms with E-state index in [0.717, 1.165) is 6.08 Å². The number of aliphatic hydroxyl groups excluding tert-OH is 1. The molecule has 1 atom stereocenters. The van der Waals surface area contributed by atoms with Crippen molar-refractivity contribution in [3.05, 3.63) is 63.7 Å². The van der Waals surface area contributed by atoms with Crippen molar-refractivity contribution in [3.8, 4) is 0 Å². The van der Waals surface area contributed by atoms with E-state index < -0.39 is 22.9 Å². The molecule has 6 nitrogen and oxygen atoms in total. The Bertz CT molecular complexity index is 590. The lowest BCUT2D eigenvalue weighted by Crippen LogP contribution is -2.47. The molecule has 1 aliphatic carbocycles. The molecule has 1 aliphatic rings. The average Bonchev–Trinajstić information content (AvgIpc) is 2.42. The molecule has 6 heteroatoms. The van der Waals surface area contributed by atoms with E-state index in [9.17, 15) is 25.1 Å². The summed E-state index contributed by atoms with van der Waals surface area (Å²) in [5.74, 6) is -1.19. The van der Waals surface area contributed by atoms with Gasteiger partial charge in [-0.25, -0.2) is 0 Å². The van der Waals surface area contributed by atoms with Gasteiger partial charge in [-0.2, -0.15) is 0 Å². The summed E-state index contributed by atoms with van der Waals surface area (Å²) in [5, 5.41) is 30.6. The van der Waals surface area contributed by atoms with Crippen LogP contribution in [0.3, 0.4) is 0 Å². The molecule has 0 radical (unpaired) electrons. The van der Waals surface area contributed by atoms with Gasteiger partial charge in [0.2, 0.25) is 0 Å². The lowest BCUT2D eigenvalue weighted by Gasteiger charge is -2.21. The van der Waals surface area contributed by atoms with Crippen LogP contribution >= 0.6 is 0 Å². The number of benzene rings is 1. The Morgan fingerprint density at radius 1 is 1.26 bits per heavy atom. The number of carbonyl (C=O) groups excluding carboxylic acids is 1. The Morgan fingerprint density at radius 3 is 2.47 bits per heavy atom. The van der Waals surface area contributed by atoms with Gasteiger partial charge >= 0.3 is 5.72 Å². The highest BCUT2D eigenvalue weighted by atomic mass is 16.7. The largest absolute Gasteiger partial charge is 0.507 e. The van der Waals surface area contributed by atoms with Gasteiger partial charge in [-0.1, -0.05) is 36.4 Å². The SMILES string of the molecule is O=C1C=CC(=C(O)c2ccccc2)CC1(O)[N+](=O)[O-]. The van der Waals surface area contributed by atoms with Gasteiger partial charge in [-0.3, -0.25) is 14.9 Å². The summed E-state index contributed by atoms with van der Waals surface area (Å²) in [7, 11) is 0. The van der Waals surface area contributed by atoms with Gasteiger partial charge in [0.25, 0.3) is 5.78 Å². The lowest BCUT2D eigenvalue weighted by molar-refractivity contribution is -0.602. The van der Waals surface area contributed by atoms with Gasteiger partial charge in [-0.15, -0.1) is 0 Å². The molecule has 0 aliphatic heterocycles. The van der Waals surface area contributed by atoms with Crippen molar-refractivity contribution in [1.82, 2.24) is 0 Å². The first-order valence-corrected chi connectivity index (χ1v) is 5.52. The predicted molar refractivity (Wildman–Crippen MR) is 66.7 cm³/mol. The van der Waals surface area contributed by atoms with Crippen LogP contribution in [0, 0.1) is 10.1 Å². The zero-order chi connectivity index (χ0) is 14.0. The van der Waals surface area contributed by atoms with Crippen LogP contribution in [-0.2, 0) is 4.79 Å². The maximum atomic E-state index is 11.4. The Morgan fingerprint density at radius 2 is 1.89 bits per heavy atom. The molecule has 2 N–H and O–H groups in total. The normalized spacial score (nSPS) is 25.2. The number of ketones is 1. The van der Waals surface area contributed by atoms with Crippen molar-refractivity contribution in [3.63, 3.8) is 0 Å². The number of nitro groups is 1. The third kappa shape index (κ3) is 2.25. The van der Waals surface area contributed by atoms with Crippen LogP contribution in [0.15, 0.2) is 48.1 Å². The summed E-state index contributed by atoms with van der Waals surface area (Å²) >= 11 is 0. The first-order valence-electron chi connectivity index (χ1n) is 5.52. The van der Waals surface area contributed by atoms with E-state index in [-0.39, 0.29) is 11.3 Å². The van der Waals surface area contributed by atoms with Crippen LogP contribution in [0.5, 0.6) is 0 Å². The molecule has 2 rings (SSSR count). The van der Waals surface area contributed by atoms with Crippen LogP contribution in [0.2, 0.25) is 0 Å². The second-order valence-corrected chi connectivity index (χ2v) is 4.19. The highest BCUT2D eigenvalue weighted by Gasteiger charge is 2.50. The maximum Gasteiger partial charge on any atom is 0.389 e. The zero-order valence-corrected chi connectivity index (χ0v) is 9.81. The lowest BCUT2D eigenvalue weighted by atomic mass is 9.90. The van der Waals surface area contributed by atoms with E-state index in [1.807, 2.05) is 0 Å². The second-order valence-electron chi connectivity index (χ2n) is 4.19.